The van der Waals surface area contributed by atoms with Gasteiger partial charge in [-0.1, -0.05) is 59.3 Å². The maximum absolute atomic E-state index is 14.1. The normalized spacial score (nSPS) is 14.8. The number of rotatable bonds is 9. The van der Waals surface area contributed by atoms with Gasteiger partial charge in [-0.15, -0.1) is 0 Å². The van der Waals surface area contributed by atoms with Gasteiger partial charge in [0.2, 0.25) is 0 Å². The monoisotopic (exact) mass is 758 g/mol. The van der Waals surface area contributed by atoms with Crippen molar-refractivity contribution < 1.29 is 19.0 Å². The zero-order chi connectivity index (χ0) is 31.5. The number of ether oxygens (including phenoxy) is 3. The number of carbonyl (C=O) groups excluding carboxylic acids is 1. The quantitative estimate of drug-likeness (QED) is 0.167. The molecule has 0 amide bonds. The molecule has 11 heteroatoms. The van der Waals surface area contributed by atoms with Crippen molar-refractivity contribution in [2.75, 3.05) is 6.61 Å². The summed E-state index contributed by atoms with van der Waals surface area (Å²) in [7, 11) is 0. The van der Waals surface area contributed by atoms with Crippen molar-refractivity contribution in [2.24, 2.45) is 4.99 Å². The average Bonchev–Trinajstić information content (AvgIpc) is 3.26. The minimum absolute atomic E-state index is 0.114. The first-order chi connectivity index (χ1) is 21.1. The van der Waals surface area contributed by atoms with Crippen LogP contribution >= 0.6 is 54.8 Å². The summed E-state index contributed by atoms with van der Waals surface area (Å²) in [6.07, 6.45) is 1.69. The van der Waals surface area contributed by atoms with E-state index in [1.807, 2.05) is 74.5 Å². The molecule has 1 aliphatic rings. The van der Waals surface area contributed by atoms with Crippen molar-refractivity contribution in [3.8, 4) is 11.5 Å². The van der Waals surface area contributed by atoms with Crippen molar-refractivity contribution in [1.82, 2.24) is 4.57 Å². The SMILES string of the molecule is CCOC(=O)C1=C(C)N=c2s/c(=C/c3cc(Br)c(OCc4ccccc4Cl)c(Br)c3)c(=O)n2[C@H]1c1ccccc1OC(C)C. The molecule has 1 aliphatic heterocycles. The average molecular weight is 761 g/mol. The van der Waals surface area contributed by atoms with Crippen molar-refractivity contribution in [1.29, 1.82) is 0 Å². The Balaban J connectivity index is 1.59. The molecule has 1 atom stereocenters. The Morgan fingerprint density at radius 2 is 1.80 bits per heavy atom. The van der Waals surface area contributed by atoms with Gasteiger partial charge in [-0.25, -0.2) is 9.79 Å². The van der Waals surface area contributed by atoms with Crippen LogP contribution < -0.4 is 24.4 Å². The Bertz CT molecular complexity index is 1930. The molecule has 4 aromatic rings. The van der Waals surface area contributed by atoms with Gasteiger partial charge in [-0.3, -0.25) is 9.36 Å². The minimum Gasteiger partial charge on any atom is -0.491 e. The maximum atomic E-state index is 14.1. The van der Waals surface area contributed by atoms with Gasteiger partial charge < -0.3 is 14.2 Å². The molecule has 0 saturated carbocycles. The fraction of sp³-hybridized carbons (Fsp3) is 0.242. The number of thiazole rings is 1. The standard InChI is InChI=1S/C33H29Br2ClN2O5S/c1-5-41-32(40)28-19(4)37-33-38(29(28)22-11-7-9-13-26(22)43-18(2)3)31(39)27(44-33)16-20-14-23(34)30(24(35)15-20)42-17-21-10-6-8-12-25(21)36/h6-16,18,29H,5,17H2,1-4H3/b27-16+/t29-/m0/s1. The lowest BCUT2D eigenvalue weighted by Crippen LogP contribution is -2.40. The largest absolute Gasteiger partial charge is 0.491 e. The van der Waals surface area contributed by atoms with E-state index in [0.29, 0.717) is 58.2 Å². The molecule has 0 unspecified atom stereocenters. The van der Waals surface area contributed by atoms with E-state index in [1.165, 1.54) is 11.3 Å². The highest BCUT2D eigenvalue weighted by Crippen LogP contribution is 2.37. The van der Waals surface area contributed by atoms with Crippen LogP contribution in [0.25, 0.3) is 6.08 Å². The molecule has 0 bridgehead atoms. The highest BCUT2D eigenvalue weighted by molar-refractivity contribution is 9.11. The number of hydrogen-bond donors (Lipinski definition) is 0. The first kappa shape index (κ1) is 32.2. The highest BCUT2D eigenvalue weighted by Gasteiger charge is 2.35. The second-order valence-corrected chi connectivity index (χ2v) is 13.3. The van der Waals surface area contributed by atoms with Gasteiger partial charge in [-0.05, 0) is 95.5 Å². The van der Waals surface area contributed by atoms with Crippen LogP contribution in [-0.2, 0) is 16.1 Å². The Kier molecular flexibility index (Phi) is 10.1. The fourth-order valence-corrected chi connectivity index (χ4v) is 7.56. The third-order valence-corrected chi connectivity index (χ3v) is 9.27. The summed E-state index contributed by atoms with van der Waals surface area (Å²) in [5.74, 6) is 0.673. The van der Waals surface area contributed by atoms with E-state index < -0.39 is 12.0 Å². The van der Waals surface area contributed by atoms with Crippen molar-refractivity contribution in [3.05, 3.63) is 122 Å². The first-order valence-corrected chi connectivity index (χ1v) is 16.7. The van der Waals surface area contributed by atoms with E-state index in [1.54, 1.807) is 24.5 Å². The molecular formula is C33H29Br2ClN2O5S. The summed E-state index contributed by atoms with van der Waals surface area (Å²) < 4.78 is 21.0. The van der Waals surface area contributed by atoms with Gasteiger partial charge >= 0.3 is 5.97 Å². The van der Waals surface area contributed by atoms with E-state index in [-0.39, 0.29) is 18.3 Å². The molecule has 0 N–H and O–H groups in total. The van der Waals surface area contributed by atoms with Gasteiger partial charge in [0.25, 0.3) is 5.56 Å². The second kappa shape index (κ2) is 13.9. The second-order valence-electron chi connectivity index (χ2n) is 10.2. The molecule has 0 radical (unpaired) electrons. The summed E-state index contributed by atoms with van der Waals surface area (Å²) in [6, 6.07) is 17.9. The number of hydrogen-bond acceptors (Lipinski definition) is 7. The number of benzene rings is 3. The lowest BCUT2D eigenvalue weighted by molar-refractivity contribution is -0.139. The molecular weight excluding hydrogens is 732 g/mol. The van der Waals surface area contributed by atoms with Crippen molar-refractivity contribution in [3.63, 3.8) is 0 Å². The third-order valence-electron chi connectivity index (χ3n) is 6.74. The number of fused-ring (bicyclic) bond motifs is 1. The molecule has 0 spiro atoms. The Hall–Kier alpha value is -3.18. The van der Waals surface area contributed by atoms with Crippen molar-refractivity contribution in [2.45, 2.75) is 46.4 Å². The maximum Gasteiger partial charge on any atom is 0.338 e. The summed E-state index contributed by atoms with van der Waals surface area (Å²) in [5, 5.41) is 0.629. The van der Waals surface area contributed by atoms with Crippen LogP contribution in [0.1, 0.15) is 50.4 Å². The molecule has 0 aliphatic carbocycles. The van der Waals surface area contributed by atoms with Crippen LogP contribution in [0.2, 0.25) is 5.02 Å². The van der Waals surface area contributed by atoms with Gasteiger partial charge in [0.05, 0.1) is 37.5 Å². The molecule has 2 heterocycles. The van der Waals surface area contributed by atoms with E-state index in [2.05, 4.69) is 36.9 Å². The van der Waals surface area contributed by atoms with Gasteiger partial charge in [0.15, 0.2) is 4.80 Å². The predicted molar refractivity (Wildman–Crippen MR) is 180 cm³/mol. The molecule has 5 rings (SSSR count). The molecule has 1 aromatic heterocycles. The first-order valence-electron chi connectivity index (χ1n) is 13.9. The molecule has 3 aromatic carbocycles. The summed E-state index contributed by atoms with van der Waals surface area (Å²) in [5.41, 5.74) is 2.82. The van der Waals surface area contributed by atoms with Crippen LogP contribution in [0.3, 0.4) is 0 Å². The van der Waals surface area contributed by atoms with E-state index in [9.17, 15) is 9.59 Å². The summed E-state index contributed by atoms with van der Waals surface area (Å²) >= 11 is 14.8. The summed E-state index contributed by atoms with van der Waals surface area (Å²) in [4.78, 5) is 32.5. The molecule has 7 nitrogen and oxygen atoms in total. The van der Waals surface area contributed by atoms with Crippen LogP contribution in [-0.4, -0.2) is 23.2 Å². The minimum atomic E-state index is -0.776. The van der Waals surface area contributed by atoms with Gasteiger partial charge in [0.1, 0.15) is 24.1 Å². The number of esters is 1. The topological polar surface area (TPSA) is 79.1 Å². The lowest BCUT2D eigenvalue weighted by atomic mass is 9.95. The number of para-hydroxylation sites is 1. The number of carbonyl (C=O) groups is 1. The number of aromatic nitrogens is 1. The number of nitrogens with zero attached hydrogens (tertiary/aromatic N) is 2. The van der Waals surface area contributed by atoms with Crippen LogP contribution in [0, 0.1) is 0 Å². The van der Waals surface area contributed by atoms with Gasteiger partial charge in [0, 0.05) is 16.1 Å². The molecule has 0 fully saturated rings. The van der Waals surface area contributed by atoms with Crippen molar-refractivity contribution >= 4 is 66.8 Å². The Morgan fingerprint density at radius 1 is 1.11 bits per heavy atom. The van der Waals surface area contributed by atoms with Crippen LogP contribution in [0.4, 0.5) is 0 Å². The Labute approximate surface area is 280 Å². The molecule has 0 saturated heterocycles. The lowest BCUT2D eigenvalue weighted by Gasteiger charge is -2.26. The van der Waals surface area contributed by atoms with E-state index in [0.717, 1.165) is 11.1 Å². The zero-order valence-electron chi connectivity index (χ0n) is 24.4. The molecule has 228 valence electrons. The molecule has 44 heavy (non-hydrogen) atoms. The third kappa shape index (κ3) is 6.73. The number of halogens is 3. The number of allylic oxidation sites excluding steroid dienone is 1. The zero-order valence-corrected chi connectivity index (χ0v) is 29.1. The smallest absolute Gasteiger partial charge is 0.338 e. The fourth-order valence-electron chi connectivity index (χ4n) is 4.87. The van der Waals surface area contributed by atoms with E-state index in [4.69, 9.17) is 25.8 Å². The predicted octanol–water partition coefficient (Wildman–Crippen LogP) is 7.34. The van der Waals surface area contributed by atoms with E-state index >= 15 is 0 Å². The van der Waals surface area contributed by atoms with Gasteiger partial charge in [-0.2, -0.15) is 0 Å². The van der Waals surface area contributed by atoms with Crippen LogP contribution in [0.5, 0.6) is 11.5 Å². The highest BCUT2D eigenvalue weighted by atomic mass is 79.9. The van der Waals surface area contributed by atoms with Crippen LogP contribution in [0.15, 0.2) is 90.7 Å². The summed E-state index contributed by atoms with van der Waals surface area (Å²) in [6.45, 7) is 7.85. The Morgan fingerprint density at radius 3 is 2.48 bits per heavy atom.